The molecule has 0 aromatic rings. The maximum absolute atomic E-state index is 12.6. The Morgan fingerprint density at radius 3 is 1.40 bits per heavy atom. The van der Waals surface area contributed by atoms with Crippen molar-refractivity contribution in [3.8, 4) is 0 Å². The SMILES string of the molecule is CC(F)C(F)(F)C(F)(F)C(F)(F)C(F)(F)S(=O)(=O)[O-].[K+]. The van der Waals surface area contributed by atoms with E-state index in [1.807, 2.05) is 0 Å². The molecule has 0 saturated carbocycles. The van der Waals surface area contributed by atoms with Crippen molar-refractivity contribution >= 4 is 10.1 Å². The van der Waals surface area contributed by atoms with Gasteiger partial charge < -0.3 is 4.55 Å². The molecule has 3 nitrogen and oxygen atoms in total. The molecule has 0 fully saturated rings. The van der Waals surface area contributed by atoms with Crippen LogP contribution in [0.5, 0.6) is 0 Å². The Hall–Kier alpha value is 0.916. The fourth-order valence-corrected chi connectivity index (χ4v) is 1.24. The van der Waals surface area contributed by atoms with Gasteiger partial charge in [0.2, 0.25) is 0 Å². The summed E-state index contributed by atoms with van der Waals surface area (Å²) >= 11 is 0. The topological polar surface area (TPSA) is 57.2 Å². The summed E-state index contributed by atoms with van der Waals surface area (Å²) in [5, 5.41) is -7.05. The second kappa shape index (κ2) is 6.20. The van der Waals surface area contributed by atoms with Crippen molar-refractivity contribution in [2.75, 3.05) is 0 Å². The Bertz CT molecular complexity index is 447. The van der Waals surface area contributed by atoms with E-state index < -0.39 is 39.3 Å². The summed E-state index contributed by atoms with van der Waals surface area (Å²) in [7, 11) is -7.40. The van der Waals surface area contributed by atoms with E-state index in [9.17, 15) is 52.5 Å². The Balaban J connectivity index is 0. The molecule has 20 heavy (non-hydrogen) atoms. The summed E-state index contributed by atoms with van der Waals surface area (Å²) in [4.78, 5) is 0. The summed E-state index contributed by atoms with van der Waals surface area (Å²) < 4.78 is 142. The molecule has 0 heterocycles. The van der Waals surface area contributed by atoms with Gasteiger partial charge in [0.1, 0.15) is 0 Å². The van der Waals surface area contributed by atoms with E-state index in [-0.39, 0.29) is 58.3 Å². The van der Waals surface area contributed by atoms with Crippen LogP contribution >= 0.6 is 0 Å². The molecule has 0 N–H and O–H groups in total. The summed E-state index contributed by atoms with van der Waals surface area (Å²) in [5.74, 6) is -20.8. The van der Waals surface area contributed by atoms with Gasteiger partial charge in [-0.1, -0.05) is 0 Å². The minimum Gasteiger partial charge on any atom is -0.743 e. The number of halogens is 9. The van der Waals surface area contributed by atoms with Crippen LogP contribution in [0.15, 0.2) is 0 Å². The molecule has 0 aliphatic heterocycles. The Morgan fingerprint density at radius 1 is 0.900 bits per heavy atom. The van der Waals surface area contributed by atoms with Crippen LogP contribution in [0.1, 0.15) is 6.92 Å². The van der Waals surface area contributed by atoms with Gasteiger partial charge in [-0.25, -0.2) is 12.8 Å². The van der Waals surface area contributed by atoms with E-state index in [0.29, 0.717) is 0 Å². The van der Waals surface area contributed by atoms with Crippen LogP contribution in [0.3, 0.4) is 0 Å². The van der Waals surface area contributed by atoms with Crippen LogP contribution in [0, 0.1) is 0 Å². The van der Waals surface area contributed by atoms with Gasteiger partial charge in [-0.05, 0) is 6.92 Å². The normalized spacial score (nSPS) is 16.6. The summed E-state index contributed by atoms with van der Waals surface area (Å²) in [6, 6.07) is 0. The van der Waals surface area contributed by atoms with Crippen molar-refractivity contribution in [3.05, 3.63) is 0 Å². The third-order valence-electron chi connectivity index (χ3n) is 1.99. The fraction of sp³-hybridized carbons (Fsp3) is 1.00. The van der Waals surface area contributed by atoms with E-state index in [0.717, 1.165) is 0 Å². The molecular formula is C6H4F9KO3S. The first-order valence-corrected chi connectivity index (χ1v) is 5.46. The monoisotopic (exact) mass is 366 g/mol. The van der Waals surface area contributed by atoms with Gasteiger partial charge in [-0.2, -0.15) is 35.1 Å². The second-order valence-corrected chi connectivity index (χ2v) is 4.78. The molecule has 1 atom stereocenters. The summed E-state index contributed by atoms with van der Waals surface area (Å²) in [6.07, 6.45) is -4.02. The van der Waals surface area contributed by atoms with Crippen molar-refractivity contribution in [2.24, 2.45) is 0 Å². The number of alkyl halides is 9. The molecule has 0 aromatic heterocycles. The van der Waals surface area contributed by atoms with Crippen LogP contribution in [0.25, 0.3) is 0 Å². The van der Waals surface area contributed by atoms with E-state index in [1.54, 1.807) is 0 Å². The molecule has 0 radical (unpaired) electrons. The first-order chi connectivity index (χ1) is 7.94. The van der Waals surface area contributed by atoms with Gasteiger partial charge in [0.15, 0.2) is 16.3 Å². The van der Waals surface area contributed by atoms with Crippen LogP contribution in [-0.2, 0) is 10.1 Å². The van der Waals surface area contributed by atoms with E-state index in [1.165, 1.54) is 0 Å². The minimum atomic E-state index is -7.40. The Morgan fingerprint density at radius 2 is 1.20 bits per heavy atom. The molecule has 0 saturated heterocycles. The zero-order chi connectivity index (χ0) is 16.1. The van der Waals surface area contributed by atoms with Crippen LogP contribution in [0.4, 0.5) is 39.5 Å². The van der Waals surface area contributed by atoms with Gasteiger partial charge in [0, 0.05) is 0 Å². The standard InChI is InChI=1S/C6H5F9O3S.K/c1-2(7)3(8,9)4(10,11)5(12,13)6(14,15)19(16,17)18;/h2H,1H3,(H,16,17,18);/q;+1/p-1. The Labute approximate surface area is 149 Å². The molecular weight excluding hydrogens is 362 g/mol. The van der Waals surface area contributed by atoms with Gasteiger partial charge in [0.25, 0.3) is 0 Å². The Kier molecular flexibility index (Phi) is 7.18. The first kappa shape index (κ1) is 23.2. The van der Waals surface area contributed by atoms with Crippen LogP contribution in [-0.4, -0.2) is 42.2 Å². The molecule has 116 valence electrons. The van der Waals surface area contributed by atoms with Gasteiger partial charge in [0.05, 0.1) is 0 Å². The largest absolute Gasteiger partial charge is 1.00 e. The number of hydrogen-bond acceptors (Lipinski definition) is 3. The third-order valence-corrected chi connectivity index (χ3v) is 2.88. The van der Waals surface area contributed by atoms with Crippen molar-refractivity contribution in [3.63, 3.8) is 0 Å². The molecule has 0 aliphatic rings. The molecule has 14 heteroatoms. The van der Waals surface area contributed by atoms with Crippen LogP contribution < -0.4 is 51.4 Å². The van der Waals surface area contributed by atoms with Gasteiger partial charge in [-0.15, -0.1) is 0 Å². The van der Waals surface area contributed by atoms with Crippen LogP contribution in [0.2, 0.25) is 0 Å². The average Bonchev–Trinajstić information content (AvgIpc) is 2.14. The predicted molar refractivity (Wildman–Crippen MR) is 40.1 cm³/mol. The molecule has 0 aliphatic carbocycles. The summed E-state index contributed by atoms with van der Waals surface area (Å²) in [5.41, 5.74) is 0. The van der Waals surface area contributed by atoms with Crippen molar-refractivity contribution in [1.29, 1.82) is 0 Å². The van der Waals surface area contributed by atoms with E-state index in [4.69, 9.17) is 0 Å². The average molecular weight is 366 g/mol. The second-order valence-electron chi connectivity index (χ2n) is 3.36. The maximum Gasteiger partial charge on any atom is 1.00 e. The number of rotatable bonds is 5. The molecule has 0 bridgehead atoms. The van der Waals surface area contributed by atoms with Crippen molar-refractivity contribution in [2.45, 2.75) is 36.1 Å². The van der Waals surface area contributed by atoms with Crippen molar-refractivity contribution < 1.29 is 104 Å². The molecule has 0 rings (SSSR count). The fourth-order valence-electron chi connectivity index (χ4n) is 0.799. The smallest absolute Gasteiger partial charge is 0.743 e. The predicted octanol–water partition coefficient (Wildman–Crippen LogP) is -0.608. The molecule has 0 aromatic carbocycles. The molecule has 0 amide bonds. The molecule has 0 spiro atoms. The zero-order valence-corrected chi connectivity index (χ0v) is 13.6. The maximum atomic E-state index is 12.6. The minimum absolute atomic E-state index is 0. The zero-order valence-electron chi connectivity index (χ0n) is 9.61. The van der Waals surface area contributed by atoms with Gasteiger partial charge >= 0.3 is 74.4 Å². The van der Waals surface area contributed by atoms with Gasteiger partial charge in [-0.3, -0.25) is 0 Å². The quantitative estimate of drug-likeness (QED) is 0.371. The number of hydrogen-bond donors (Lipinski definition) is 0. The summed E-state index contributed by atoms with van der Waals surface area (Å²) in [6.45, 7) is -0.339. The third kappa shape index (κ3) is 3.30. The molecule has 1 unspecified atom stereocenters. The van der Waals surface area contributed by atoms with E-state index in [2.05, 4.69) is 0 Å². The first-order valence-electron chi connectivity index (χ1n) is 4.05. The van der Waals surface area contributed by atoms with Crippen molar-refractivity contribution in [1.82, 2.24) is 0 Å². The van der Waals surface area contributed by atoms with E-state index >= 15 is 0 Å².